The lowest BCUT2D eigenvalue weighted by Crippen LogP contribution is -2.41. The Morgan fingerprint density at radius 1 is 1.19 bits per heavy atom. The van der Waals surface area contributed by atoms with E-state index in [1.54, 1.807) is 16.4 Å². The Morgan fingerprint density at radius 3 is 2.48 bits per heavy atom. The summed E-state index contributed by atoms with van der Waals surface area (Å²) in [6.07, 6.45) is 4.24. The molecule has 0 aliphatic carbocycles. The molecule has 6 nitrogen and oxygen atoms in total. The number of carbonyl (C=O) groups excluding carboxylic acids is 1. The van der Waals surface area contributed by atoms with Gasteiger partial charge in [0.1, 0.15) is 4.21 Å². The Hall–Kier alpha value is -0.670. The highest BCUT2D eigenvalue weighted by molar-refractivity contribution is 7.91. The molecule has 0 spiro atoms. The van der Waals surface area contributed by atoms with Gasteiger partial charge >= 0.3 is 0 Å². The van der Waals surface area contributed by atoms with Crippen molar-refractivity contribution in [1.82, 2.24) is 14.5 Å². The highest BCUT2D eigenvalue weighted by Crippen LogP contribution is 2.28. The van der Waals surface area contributed by atoms with Gasteiger partial charge < -0.3 is 10.2 Å². The van der Waals surface area contributed by atoms with Crippen molar-refractivity contribution in [3.8, 4) is 0 Å². The van der Waals surface area contributed by atoms with Crippen LogP contribution in [0.15, 0.2) is 16.3 Å². The van der Waals surface area contributed by atoms with E-state index < -0.39 is 10.0 Å². The Bertz CT molecular complexity index is 709. The van der Waals surface area contributed by atoms with Crippen molar-refractivity contribution in [1.29, 1.82) is 0 Å². The maximum Gasteiger partial charge on any atom is 0.252 e. The first-order valence-corrected chi connectivity index (χ1v) is 11.8. The molecule has 3 rings (SSSR count). The number of amides is 1. The molecule has 0 atom stereocenters. The third-order valence-corrected chi connectivity index (χ3v) is 8.72. The number of hydrogen-bond acceptors (Lipinski definition) is 5. The summed E-state index contributed by atoms with van der Waals surface area (Å²) >= 11 is 1.24. The quantitative estimate of drug-likeness (QED) is 0.713. The minimum atomic E-state index is -3.37. The molecule has 3 heterocycles. The fourth-order valence-electron chi connectivity index (χ4n) is 3.64. The number of hydrogen-bond donors (Lipinski definition) is 1. The lowest BCUT2D eigenvalue weighted by molar-refractivity contribution is -0.131. The van der Waals surface area contributed by atoms with Crippen molar-refractivity contribution >= 4 is 39.7 Å². The molecule has 2 aliphatic rings. The van der Waals surface area contributed by atoms with Crippen molar-refractivity contribution in [2.75, 3.05) is 39.3 Å². The molecule has 1 aromatic heterocycles. The predicted octanol–water partition coefficient (Wildman–Crippen LogP) is 2.35. The molecule has 2 fully saturated rings. The summed E-state index contributed by atoms with van der Waals surface area (Å²) in [6.45, 7) is 6.95. The van der Waals surface area contributed by atoms with Gasteiger partial charge in [-0.15, -0.1) is 23.7 Å². The number of sulfonamides is 1. The molecule has 0 aromatic carbocycles. The molecule has 0 bridgehead atoms. The second-order valence-electron chi connectivity index (χ2n) is 7.14. The summed E-state index contributed by atoms with van der Waals surface area (Å²) in [6, 6.07) is 3.45. The second kappa shape index (κ2) is 10.2. The van der Waals surface area contributed by atoms with Crippen molar-refractivity contribution in [2.24, 2.45) is 5.92 Å². The van der Waals surface area contributed by atoms with Gasteiger partial charge in [0.2, 0.25) is 5.91 Å². The van der Waals surface area contributed by atoms with Crippen LogP contribution in [0.2, 0.25) is 0 Å². The van der Waals surface area contributed by atoms with Crippen LogP contribution in [0.3, 0.4) is 0 Å². The summed E-state index contributed by atoms with van der Waals surface area (Å²) in [7, 11) is -3.37. The molecular weight excluding hydrogens is 406 g/mol. The summed E-state index contributed by atoms with van der Waals surface area (Å²) < 4.78 is 27.1. The Kier molecular flexibility index (Phi) is 8.55. The predicted molar refractivity (Wildman–Crippen MR) is 111 cm³/mol. The van der Waals surface area contributed by atoms with Crippen LogP contribution >= 0.6 is 23.7 Å². The molecule has 9 heteroatoms. The number of nitrogens with one attached hydrogen (secondary N) is 1. The third-order valence-electron chi connectivity index (χ3n) is 5.27. The first-order valence-electron chi connectivity index (χ1n) is 9.58. The lowest BCUT2D eigenvalue weighted by atomic mass is 9.96. The van der Waals surface area contributed by atoms with Crippen LogP contribution in [-0.4, -0.2) is 62.8 Å². The zero-order valence-electron chi connectivity index (χ0n) is 15.9. The first-order chi connectivity index (χ1) is 12.5. The molecule has 154 valence electrons. The largest absolute Gasteiger partial charge is 0.342 e. The highest BCUT2D eigenvalue weighted by atomic mass is 35.5. The SMILES string of the molecule is CCNCC1CCN(C(=O)Cc2ccc(S(=O)(=O)N3CCCC3)s2)CC1.Cl. The van der Waals surface area contributed by atoms with Crippen LogP contribution in [0.25, 0.3) is 0 Å². The van der Waals surface area contributed by atoms with Gasteiger partial charge in [-0.25, -0.2) is 8.42 Å². The Balaban J connectivity index is 0.00000261. The molecule has 2 saturated heterocycles. The van der Waals surface area contributed by atoms with E-state index in [0.29, 0.717) is 29.6 Å². The van der Waals surface area contributed by atoms with Crippen molar-refractivity contribution in [3.63, 3.8) is 0 Å². The number of likely N-dealkylation sites (tertiary alicyclic amines) is 1. The average Bonchev–Trinajstić information content (AvgIpc) is 3.32. The van der Waals surface area contributed by atoms with Gasteiger partial charge in [-0.3, -0.25) is 4.79 Å². The van der Waals surface area contributed by atoms with Crippen LogP contribution in [0.5, 0.6) is 0 Å². The van der Waals surface area contributed by atoms with Crippen LogP contribution in [-0.2, 0) is 21.2 Å². The van der Waals surface area contributed by atoms with Gasteiger partial charge in [0.25, 0.3) is 10.0 Å². The van der Waals surface area contributed by atoms with Gasteiger partial charge in [0.05, 0.1) is 6.42 Å². The van der Waals surface area contributed by atoms with Gasteiger partial charge in [-0.1, -0.05) is 6.92 Å². The smallest absolute Gasteiger partial charge is 0.252 e. The number of nitrogens with zero attached hydrogens (tertiary/aromatic N) is 2. The molecule has 0 saturated carbocycles. The molecule has 1 amide bonds. The Morgan fingerprint density at radius 2 is 1.85 bits per heavy atom. The topological polar surface area (TPSA) is 69.7 Å². The zero-order valence-corrected chi connectivity index (χ0v) is 18.3. The number of carbonyl (C=O) groups is 1. The average molecular weight is 436 g/mol. The summed E-state index contributed by atoms with van der Waals surface area (Å²) in [5.41, 5.74) is 0. The van der Waals surface area contributed by atoms with Crippen LogP contribution in [0.1, 0.15) is 37.5 Å². The fraction of sp³-hybridized carbons (Fsp3) is 0.722. The number of thiophene rings is 1. The molecular formula is C18H30ClN3O3S2. The summed E-state index contributed by atoms with van der Waals surface area (Å²) in [5.74, 6) is 0.761. The van der Waals surface area contributed by atoms with E-state index in [-0.39, 0.29) is 18.3 Å². The van der Waals surface area contributed by atoms with E-state index in [0.717, 1.165) is 56.7 Å². The van der Waals surface area contributed by atoms with E-state index in [1.165, 1.54) is 11.3 Å². The maximum absolute atomic E-state index is 12.6. The normalized spacial score (nSPS) is 19.2. The third kappa shape index (κ3) is 5.67. The molecule has 0 radical (unpaired) electrons. The molecule has 0 unspecified atom stereocenters. The maximum atomic E-state index is 12.6. The monoisotopic (exact) mass is 435 g/mol. The number of rotatable bonds is 7. The van der Waals surface area contributed by atoms with Crippen LogP contribution in [0.4, 0.5) is 0 Å². The minimum Gasteiger partial charge on any atom is -0.342 e. The summed E-state index contributed by atoms with van der Waals surface area (Å²) in [5, 5.41) is 3.38. The minimum absolute atomic E-state index is 0. The van der Waals surface area contributed by atoms with E-state index in [2.05, 4.69) is 12.2 Å². The molecule has 1 aromatic rings. The lowest BCUT2D eigenvalue weighted by Gasteiger charge is -2.32. The zero-order chi connectivity index (χ0) is 18.6. The fourth-order valence-corrected chi connectivity index (χ4v) is 6.66. The molecule has 2 aliphatic heterocycles. The van der Waals surface area contributed by atoms with Gasteiger partial charge in [-0.2, -0.15) is 4.31 Å². The second-order valence-corrected chi connectivity index (χ2v) is 10.5. The highest BCUT2D eigenvalue weighted by Gasteiger charge is 2.29. The van der Waals surface area contributed by atoms with Crippen LogP contribution in [0, 0.1) is 5.92 Å². The first kappa shape index (κ1) is 22.6. The van der Waals surface area contributed by atoms with Gasteiger partial charge in [0, 0.05) is 31.1 Å². The number of halogens is 1. The molecule has 1 N–H and O–H groups in total. The van der Waals surface area contributed by atoms with E-state index in [1.807, 2.05) is 4.90 Å². The van der Waals surface area contributed by atoms with Gasteiger partial charge in [-0.05, 0) is 56.8 Å². The number of piperidine rings is 1. The van der Waals surface area contributed by atoms with Crippen molar-refractivity contribution < 1.29 is 13.2 Å². The van der Waals surface area contributed by atoms with E-state index in [9.17, 15) is 13.2 Å². The van der Waals surface area contributed by atoms with Crippen molar-refractivity contribution in [3.05, 3.63) is 17.0 Å². The van der Waals surface area contributed by atoms with E-state index in [4.69, 9.17) is 0 Å². The van der Waals surface area contributed by atoms with E-state index >= 15 is 0 Å². The summed E-state index contributed by atoms with van der Waals surface area (Å²) in [4.78, 5) is 15.3. The van der Waals surface area contributed by atoms with Gasteiger partial charge in [0.15, 0.2) is 0 Å². The van der Waals surface area contributed by atoms with Crippen LogP contribution < -0.4 is 5.32 Å². The van der Waals surface area contributed by atoms with Crippen molar-refractivity contribution in [2.45, 2.75) is 43.2 Å². The Labute approximate surface area is 172 Å². The standard InChI is InChI=1S/C18H29N3O3S2.ClH/c1-2-19-14-15-7-11-20(12-8-15)17(22)13-16-5-6-18(25-16)26(23,24)21-9-3-4-10-21;/h5-6,15,19H,2-4,7-14H2,1H3;1H. The molecule has 27 heavy (non-hydrogen) atoms.